The molecule has 3 amide bonds. The van der Waals surface area contributed by atoms with Gasteiger partial charge < -0.3 is 0 Å². The Morgan fingerprint density at radius 3 is 2.53 bits per heavy atom. The van der Waals surface area contributed by atoms with Crippen molar-refractivity contribution in [3.8, 4) is 0 Å². The van der Waals surface area contributed by atoms with Gasteiger partial charge in [-0.2, -0.15) is 13.2 Å². The molecule has 1 unspecified atom stereocenters. The average molecular weight is 272 g/mol. The van der Waals surface area contributed by atoms with Crippen LogP contribution in [0.2, 0.25) is 0 Å². The fourth-order valence-corrected chi connectivity index (χ4v) is 1.89. The maximum atomic E-state index is 12.9. The van der Waals surface area contributed by atoms with Crippen LogP contribution in [0.4, 0.5) is 23.7 Å². The summed E-state index contributed by atoms with van der Waals surface area (Å²) in [5, 5.41) is 2.04. The van der Waals surface area contributed by atoms with Crippen molar-refractivity contribution >= 4 is 17.6 Å². The third kappa shape index (κ3) is 2.54. The first kappa shape index (κ1) is 13.4. The lowest BCUT2D eigenvalue weighted by Crippen LogP contribution is -2.54. The zero-order valence-corrected chi connectivity index (χ0v) is 9.99. The summed E-state index contributed by atoms with van der Waals surface area (Å²) in [6.07, 6.45) is -4.55. The second kappa shape index (κ2) is 4.56. The number of alkyl halides is 3. The number of imide groups is 1. The molecule has 0 aromatic heterocycles. The topological polar surface area (TPSA) is 49.4 Å². The Bertz CT molecular complexity index is 528. The summed E-state index contributed by atoms with van der Waals surface area (Å²) in [6, 6.07) is 3.95. The van der Waals surface area contributed by atoms with E-state index >= 15 is 0 Å². The Balaban J connectivity index is 2.42. The molecule has 2 rings (SSSR count). The third-order valence-electron chi connectivity index (χ3n) is 2.88. The number of benzene rings is 1. The Morgan fingerprint density at radius 2 is 1.89 bits per heavy atom. The second-order valence-corrected chi connectivity index (χ2v) is 4.32. The Morgan fingerprint density at radius 1 is 1.26 bits per heavy atom. The van der Waals surface area contributed by atoms with Crippen LogP contribution >= 0.6 is 0 Å². The van der Waals surface area contributed by atoms with Gasteiger partial charge >= 0.3 is 12.2 Å². The van der Waals surface area contributed by atoms with Gasteiger partial charge in [0.1, 0.15) is 0 Å². The molecule has 1 aromatic rings. The largest absolute Gasteiger partial charge is 0.418 e. The number of para-hydroxylation sites is 1. The lowest BCUT2D eigenvalue weighted by molar-refractivity contribution is -0.137. The van der Waals surface area contributed by atoms with Crippen LogP contribution in [0.15, 0.2) is 24.3 Å². The van der Waals surface area contributed by atoms with E-state index in [9.17, 15) is 22.8 Å². The lowest BCUT2D eigenvalue weighted by atomic mass is 10.1. The van der Waals surface area contributed by atoms with Gasteiger partial charge in [0.2, 0.25) is 5.91 Å². The summed E-state index contributed by atoms with van der Waals surface area (Å²) in [7, 11) is 0. The molecule has 1 heterocycles. The van der Waals surface area contributed by atoms with Crippen molar-refractivity contribution < 1.29 is 22.8 Å². The molecule has 1 N–H and O–H groups in total. The van der Waals surface area contributed by atoms with Crippen LogP contribution in [0.3, 0.4) is 0 Å². The van der Waals surface area contributed by atoms with Crippen LogP contribution < -0.4 is 10.2 Å². The number of urea groups is 1. The first-order valence-corrected chi connectivity index (χ1v) is 5.59. The van der Waals surface area contributed by atoms with E-state index in [2.05, 4.69) is 0 Å². The van der Waals surface area contributed by atoms with Crippen LogP contribution in [0.25, 0.3) is 0 Å². The van der Waals surface area contributed by atoms with Gasteiger partial charge in [-0.1, -0.05) is 19.1 Å². The fraction of sp³-hybridized carbons (Fsp3) is 0.333. The number of hydrogen-bond donors (Lipinski definition) is 1. The maximum absolute atomic E-state index is 12.9. The quantitative estimate of drug-likeness (QED) is 0.853. The zero-order chi connectivity index (χ0) is 14.2. The fourth-order valence-electron chi connectivity index (χ4n) is 1.89. The predicted molar refractivity (Wildman–Crippen MR) is 61.5 cm³/mol. The van der Waals surface area contributed by atoms with Crippen molar-refractivity contribution in [2.24, 2.45) is 5.92 Å². The van der Waals surface area contributed by atoms with Crippen LogP contribution in [-0.2, 0) is 11.0 Å². The highest BCUT2D eigenvalue weighted by atomic mass is 19.4. The van der Waals surface area contributed by atoms with E-state index in [1.807, 2.05) is 5.32 Å². The number of carbonyl (C=O) groups excluding carboxylic acids is 2. The monoisotopic (exact) mass is 272 g/mol. The first-order chi connectivity index (χ1) is 8.80. The molecular formula is C12H11F3N2O2. The normalized spacial score (nSPS) is 20.4. The Hall–Kier alpha value is -2.05. The van der Waals surface area contributed by atoms with Gasteiger partial charge in [-0.05, 0) is 12.1 Å². The Labute approximate surface area is 107 Å². The SMILES string of the molecule is CC1CN(c2ccccc2C(F)(F)F)C(=O)NC1=O. The van der Waals surface area contributed by atoms with Crippen LogP contribution in [-0.4, -0.2) is 18.5 Å². The van der Waals surface area contributed by atoms with Gasteiger partial charge in [0.25, 0.3) is 0 Å². The van der Waals surface area contributed by atoms with E-state index in [-0.39, 0.29) is 12.2 Å². The molecule has 1 aliphatic heterocycles. The highest BCUT2D eigenvalue weighted by Gasteiger charge is 2.38. The van der Waals surface area contributed by atoms with E-state index < -0.39 is 29.6 Å². The summed E-state index contributed by atoms with van der Waals surface area (Å²) in [4.78, 5) is 23.9. The van der Waals surface area contributed by atoms with Gasteiger partial charge in [0.05, 0.1) is 17.2 Å². The number of anilines is 1. The molecule has 7 heteroatoms. The molecule has 1 atom stereocenters. The zero-order valence-electron chi connectivity index (χ0n) is 9.99. The molecule has 1 aromatic carbocycles. The summed E-state index contributed by atoms with van der Waals surface area (Å²) in [6.45, 7) is 1.47. The minimum absolute atomic E-state index is 0.0717. The summed E-state index contributed by atoms with van der Waals surface area (Å²) < 4.78 is 38.6. The number of rotatable bonds is 1. The van der Waals surface area contributed by atoms with Gasteiger partial charge in [-0.3, -0.25) is 15.0 Å². The van der Waals surface area contributed by atoms with Crippen LogP contribution in [0, 0.1) is 5.92 Å². The van der Waals surface area contributed by atoms with E-state index in [0.717, 1.165) is 11.0 Å². The highest BCUT2D eigenvalue weighted by molar-refractivity contribution is 6.06. The molecule has 0 spiro atoms. The standard InChI is InChI=1S/C12H11F3N2O2/c1-7-6-17(11(19)16-10(7)18)9-5-3-2-4-8(9)12(13,14)15/h2-5,7H,6H2,1H3,(H,16,18,19). The number of hydrogen-bond acceptors (Lipinski definition) is 2. The van der Waals surface area contributed by atoms with Crippen molar-refractivity contribution in [3.63, 3.8) is 0 Å². The number of nitrogens with zero attached hydrogens (tertiary/aromatic N) is 1. The van der Waals surface area contributed by atoms with Crippen molar-refractivity contribution in [2.75, 3.05) is 11.4 Å². The Kier molecular flexibility index (Phi) is 3.21. The number of nitrogens with one attached hydrogen (secondary N) is 1. The second-order valence-electron chi connectivity index (χ2n) is 4.32. The van der Waals surface area contributed by atoms with Gasteiger partial charge in [-0.25, -0.2) is 4.79 Å². The van der Waals surface area contributed by atoms with Crippen molar-refractivity contribution in [1.82, 2.24) is 5.32 Å². The molecule has 0 bridgehead atoms. The molecular weight excluding hydrogens is 261 g/mol. The van der Waals surface area contributed by atoms with Crippen LogP contribution in [0.1, 0.15) is 12.5 Å². The minimum atomic E-state index is -4.55. The molecule has 0 radical (unpaired) electrons. The molecule has 4 nitrogen and oxygen atoms in total. The van der Waals surface area contributed by atoms with Crippen LogP contribution in [0.5, 0.6) is 0 Å². The molecule has 1 fully saturated rings. The summed E-state index contributed by atoms with van der Waals surface area (Å²) in [5.74, 6) is -1.04. The van der Waals surface area contributed by atoms with Crippen molar-refractivity contribution in [2.45, 2.75) is 13.1 Å². The summed E-state index contributed by atoms with van der Waals surface area (Å²) >= 11 is 0. The van der Waals surface area contributed by atoms with Gasteiger partial charge in [-0.15, -0.1) is 0 Å². The van der Waals surface area contributed by atoms with E-state index in [1.54, 1.807) is 6.92 Å². The van der Waals surface area contributed by atoms with Gasteiger partial charge in [0.15, 0.2) is 0 Å². The van der Waals surface area contributed by atoms with Crippen molar-refractivity contribution in [1.29, 1.82) is 0 Å². The smallest absolute Gasteiger partial charge is 0.293 e. The molecule has 0 saturated carbocycles. The molecule has 102 valence electrons. The molecule has 1 saturated heterocycles. The molecule has 1 aliphatic rings. The summed E-state index contributed by atoms with van der Waals surface area (Å²) in [5.41, 5.74) is -1.14. The van der Waals surface area contributed by atoms with Crippen molar-refractivity contribution in [3.05, 3.63) is 29.8 Å². The van der Waals surface area contributed by atoms with E-state index in [0.29, 0.717) is 0 Å². The third-order valence-corrected chi connectivity index (χ3v) is 2.88. The van der Waals surface area contributed by atoms with E-state index in [1.165, 1.54) is 18.2 Å². The number of carbonyl (C=O) groups is 2. The lowest BCUT2D eigenvalue weighted by Gasteiger charge is -2.31. The van der Waals surface area contributed by atoms with E-state index in [4.69, 9.17) is 0 Å². The maximum Gasteiger partial charge on any atom is 0.418 e. The first-order valence-electron chi connectivity index (χ1n) is 5.59. The average Bonchev–Trinajstić information content (AvgIpc) is 2.33. The molecule has 0 aliphatic carbocycles. The predicted octanol–water partition coefficient (Wildman–Crippen LogP) is 2.40. The minimum Gasteiger partial charge on any atom is -0.293 e. The number of halogens is 3. The number of amides is 3. The van der Waals surface area contributed by atoms with Gasteiger partial charge in [0, 0.05) is 6.54 Å². The highest BCUT2D eigenvalue weighted by Crippen LogP contribution is 2.37. The molecule has 19 heavy (non-hydrogen) atoms.